The summed E-state index contributed by atoms with van der Waals surface area (Å²) >= 11 is 0. The molecule has 0 spiro atoms. The van der Waals surface area contributed by atoms with Crippen LogP contribution in [0.2, 0.25) is 0 Å². The predicted molar refractivity (Wildman–Crippen MR) is 187 cm³/mol. The Kier molecular flexibility index (Phi) is 9.04. The average Bonchev–Trinajstić information content (AvgIpc) is 4.03. The van der Waals surface area contributed by atoms with E-state index in [1.54, 1.807) is 19.1 Å². The van der Waals surface area contributed by atoms with Crippen LogP contribution in [0.25, 0.3) is 22.3 Å². The van der Waals surface area contributed by atoms with Crippen molar-refractivity contribution in [1.82, 2.24) is 24.9 Å². The highest BCUT2D eigenvalue weighted by Crippen LogP contribution is 2.47. The zero-order chi connectivity index (χ0) is 35.2. The Morgan fingerprint density at radius 3 is 2.54 bits per heavy atom. The summed E-state index contributed by atoms with van der Waals surface area (Å²) in [6.07, 6.45) is 7.47. The normalized spacial score (nSPS) is 27.8. The molecule has 3 saturated carbocycles. The molecule has 5 atom stereocenters. The number of fused-ring (bicyclic) bond motifs is 3. The van der Waals surface area contributed by atoms with Gasteiger partial charge in [-0.1, -0.05) is 42.5 Å². The number of ether oxygens (including phenoxy) is 2. The van der Waals surface area contributed by atoms with E-state index in [4.69, 9.17) is 19.4 Å². The van der Waals surface area contributed by atoms with Gasteiger partial charge in [0, 0.05) is 30.6 Å². The third kappa shape index (κ3) is 6.55. The summed E-state index contributed by atoms with van der Waals surface area (Å²) < 4.78 is 39.9. The molecule has 12 nitrogen and oxygen atoms in total. The van der Waals surface area contributed by atoms with E-state index in [1.165, 1.54) is 0 Å². The fraction of sp³-hybridized carbons (Fsp3) is 0.486. The lowest BCUT2D eigenvalue weighted by molar-refractivity contribution is -0.140. The minimum Gasteiger partial charge on any atom is -0.496 e. The molecule has 0 unspecified atom stereocenters. The number of aryl methyl sites for hydroxylation is 1. The number of nitrogens with zero attached hydrogens (tertiary/aromatic N) is 3. The first-order valence-corrected chi connectivity index (χ1v) is 18.9. The molecule has 50 heavy (non-hydrogen) atoms. The Labute approximate surface area is 292 Å². The molecule has 4 aliphatic rings. The van der Waals surface area contributed by atoms with Crippen molar-refractivity contribution in [3.8, 4) is 23.0 Å². The summed E-state index contributed by atoms with van der Waals surface area (Å²) in [6, 6.07) is 13.2. The lowest BCUT2D eigenvalue weighted by atomic mass is 9.93. The second-order valence-corrected chi connectivity index (χ2v) is 16.0. The van der Waals surface area contributed by atoms with Gasteiger partial charge in [0.05, 0.1) is 35.1 Å². The summed E-state index contributed by atoms with van der Waals surface area (Å²) in [5.74, 6) is -1.74. The van der Waals surface area contributed by atoms with E-state index in [2.05, 4.69) is 10.0 Å². The summed E-state index contributed by atoms with van der Waals surface area (Å²) in [5.41, 5.74) is 0.894. The summed E-state index contributed by atoms with van der Waals surface area (Å²) in [7, 11) is -0.471. The molecule has 7 rings (SSSR count). The highest BCUT2D eigenvalue weighted by Gasteiger charge is 2.62. The van der Waals surface area contributed by atoms with Crippen molar-refractivity contribution in [2.75, 3.05) is 20.7 Å². The van der Waals surface area contributed by atoms with Crippen LogP contribution in [0, 0.1) is 24.7 Å². The van der Waals surface area contributed by atoms with Crippen LogP contribution < -0.4 is 19.5 Å². The van der Waals surface area contributed by atoms with Crippen LogP contribution in [0.3, 0.4) is 0 Å². The molecule has 264 valence electrons. The van der Waals surface area contributed by atoms with Crippen LogP contribution in [0.4, 0.5) is 0 Å². The van der Waals surface area contributed by atoms with Gasteiger partial charge in [0.15, 0.2) is 5.82 Å². The zero-order valence-corrected chi connectivity index (χ0v) is 29.4. The van der Waals surface area contributed by atoms with E-state index in [0.717, 1.165) is 30.4 Å². The van der Waals surface area contributed by atoms with Crippen molar-refractivity contribution >= 4 is 38.6 Å². The smallest absolute Gasteiger partial charge is 0.259 e. The molecule has 1 aliphatic heterocycles. The van der Waals surface area contributed by atoms with Gasteiger partial charge in [0.25, 0.3) is 5.91 Å². The van der Waals surface area contributed by atoms with Crippen LogP contribution >= 0.6 is 0 Å². The molecule has 13 heteroatoms. The maximum absolute atomic E-state index is 14.2. The van der Waals surface area contributed by atoms with Gasteiger partial charge in [-0.25, -0.2) is 13.4 Å². The molecule has 2 aromatic carbocycles. The molecule has 1 aromatic heterocycles. The SMILES string of the molecule is COc1ccc2c(O[C@@H]3C[C@H]4C(=O)N[C@]5(C(=O)NS(=O)(=O)C6CC6)C[C@H]5/C=C/CCCCN(C)C(=O)[C@@H]4C3)nc(-c3ccccc3)nc2c1C. The third-order valence-electron chi connectivity index (χ3n) is 10.6. The highest BCUT2D eigenvalue weighted by molar-refractivity contribution is 7.91. The van der Waals surface area contributed by atoms with Gasteiger partial charge >= 0.3 is 0 Å². The predicted octanol–water partition coefficient (Wildman–Crippen LogP) is 4.07. The minimum atomic E-state index is -3.83. The second kappa shape index (κ2) is 13.3. The molecule has 3 fully saturated rings. The second-order valence-electron chi connectivity index (χ2n) is 14.1. The van der Waals surface area contributed by atoms with E-state index >= 15 is 0 Å². The largest absolute Gasteiger partial charge is 0.496 e. The Balaban J connectivity index is 1.21. The van der Waals surface area contributed by atoms with E-state index in [1.807, 2.05) is 61.5 Å². The van der Waals surface area contributed by atoms with Crippen LogP contribution in [-0.2, 0) is 24.4 Å². The number of hydrogen-bond donors (Lipinski definition) is 2. The van der Waals surface area contributed by atoms with Crippen molar-refractivity contribution in [3.63, 3.8) is 0 Å². The van der Waals surface area contributed by atoms with Crippen LogP contribution in [0.15, 0.2) is 54.6 Å². The van der Waals surface area contributed by atoms with Gasteiger partial charge in [-0.3, -0.25) is 19.1 Å². The zero-order valence-electron chi connectivity index (χ0n) is 28.6. The first kappa shape index (κ1) is 34.0. The number of methoxy groups -OCH3 is 1. The molecule has 3 aromatic rings. The number of carbonyl (C=O) groups excluding carboxylic acids is 3. The monoisotopic (exact) mass is 701 g/mol. The van der Waals surface area contributed by atoms with Gasteiger partial charge in [-0.05, 0) is 70.4 Å². The van der Waals surface area contributed by atoms with Crippen molar-refractivity contribution in [1.29, 1.82) is 0 Å². The van der Waals surface area contributed by atoms with Crippen molar-refractivity contribution in [2.24, 2.45) is 17.8 Å². The number of benzene rings is 2. The number of sulfonamides is 1. The molecular formula is C37H43N5O7S. The first-order valence-electron chi connectivity index (χ1n) is 17.4. The van der Waals surface area contributed by atoms with Crippen molar-refractivity contribution in [2.45, 2.75) is 75.2 Å². The Morgan fingerprint density at radius 2 is 1.80 bits per heavy atom. The van der Waals surface area contributed by atoms with E-state index in [9.17, 15) is 22.8 Å². The van der Waals surface area contributed by atoms with Crippen LogP contribution in [0.1, 0.15) is 56.9 Å². The summed E-state index contributed by atoms with van der Waals surface area (Å²) in [6.45, 7) is 2.47. The van der Waals surface area contributed by atoms with Gasteiger partial charge in [-0.15, -0.1) is 0 Å². The molecule has 0 bridgehead atoms. The molecule has 3 amide bonds. The summed E-state index contributed by atoms with van der Waals surface area (Å²) in [4.78, 5) is 53.1. The lowest BCUT2D eigenvalue weighted by Gasteiger charge is -2.26. The lowest BCUT2D eigenvalue weighted by Crippen LogP contribution is -2.54. The number of rotatable bonds is 7. The van der Waals surface area contributed by atoms with Gasteiger partial charge < -0.3 is 19.7 Å². The number of allylic oxidation sites excluding steroid dienone is 1. The number of amides is 3. The molecule has 2 N–H and O–H groups in total. The van der Waals surface area contributed by atoms with E-state index < -0.39 is 50.6 Å². The highest BCUT2D eigenvalue weighted by atomic mass is 32.2. The van der Waals surface area contributed by atoms with Gasteiger partial charge in [0.2, 0.25) is 27.7 Å². The first-order chi connectivity index (χ1) is 24.0. The molecule has 0 radical (unpaired) electrons. The Bertz CT molecular complexity index is 1970. The summed E-state index contributed by atoms with van der Waals surface area (Å²) in [5, 5.41) is 3.03. The number of carbonyl (C=O) groups is 3. The van der Waals surface area contributed by atoms with E-state index in [-0.39, 0.29) is 31.1 Å². The van der Waals surface area contributed by atoms with Crippen LogP contribution in [0.5, 0.6) is 11.6 Å². The van der Waals surface area contributed by atoms with Crippen LogP contribution in [-0.4, -0.2) is 78.6 Å². The minimum absolute atomic E-state index is 0.163. The maximum atomic E-state index is 14.2. The van der Waals surface area contributed by atoms with Gasteiger partial charge in [-0.2, -0.15) is 4.98 Å². The number of hydrogen-bond acceptors (Lipinski definition) is 9. The number of aromatic nitrogens is 2. The van der Waals surface area contributed by atoms with E-state index in [0.29, 0.717) is 47.7 Å². The van der Waals surface area contributed by atoms with Gasteiger partial charge in [0.1, 0.15) is 17.4 Å². The fourth-order valence-corrected chi connectivity index (χ4v) is 8.73. The standard InChI is InChI=1S/C37H43N5O7S/c1-22-30(48-3)17-16-27-31(22)38-32(23-11-7-6-8-12-23)39-34(27)49-25-19-28-29(20-25)35(44)42(2)18-10-5-4-9-13-24-21-37(24,40-33(28)43)36(45)41-50(46,47)26-14-15-26/h6-9,11-13,16-17,24-26,28-29H,4-5,10,14-15,18-21H2,1-3H3,(H,40,43)(H,41,45)/b13-9+/t24-,25-,28-,29-,37-/m1/s1. The third-order valence-corrected chi connectivity index (χ3v) is 12.4. The Hall–Kier alpha value is -4.52. The fourth-order valence-electron chi connectivity index (χ4n) is 7.36. The van der Waals surface area contributed by atoms with Crippen molar-refractivity contribution < 1.29 is 32.3 Å². The Morgan fingerprint density at radius 1 is 1.04 bits per heavy atom. The quantitative estimate of drug-likeness (QED) is 0.347. The molecule has 3 aliphatic carbocycles. The number of nitrogens with one attached hydrogen (secondary N) is 2. The van der Waals surface area contributed by atoms with Crippen molar-refractivity contribution in [3.05, 3.63) is 60.2 Å². The molecular weight excluding hydrogens is 659 g/mol. The molecule has 2 heterocycles. The molecule has 0 saturated heterocycles. The topological polar surface area (TPSA) is 157 Å². The maximum Gasteiger partial charge on any atom is 0.259 e. The average molecular weight is 702 g/mol.